The highest BCUT2D eigenvalue weighted by Gasteiger charge is 2.30. The molecular weight excluding hydrogens is 426 g/mol. The summed E-state index contributed by atoms with van der Waals surface area (Å²) < 4.78 is 38.1. The summed E-state index contributed by atoms with van der Waals surface area (Å²) in [6.07, 6.45) is 3.15. The van der Waals surface area contributed by atoms with E-state index in [4.69, 9.17) is 9.15 Å². The minimum Gasteiger partial charge on any atom is -0.495 e. The minimum absolute atomic E-state index is 0.000896. The topological polar surface area (TPSA) is 102 Å². The standard InChI is InChI=1S/C20H21N3O5S2/c1-27-16-7-6-14(11-18(16)30(25,26)23-8-2-3-9-23)19(24)21-12-15-13-28-20(22-15)17-5-4-10-29-17/h4-7,10-11,13H,2-3,8-9,12H2,1H3,(H,21,24). The molecule has 1 N–H and O–H groups in total. The molecule has 1 saturated heterocycles. The Labute approximate surface area is 178 Å². The number of carbonyl (C=O) groups excluding carboxylic acids is 1. The Balaban J connectivity index is 1.50. The maximum absolute atomic E-state index is 13.0. The van der Waals surface area contributed by atoms with Crippen molar-refractivity contribution in [3.05, 3.63) is 53.2 Å². The number of hydrogen-bond acceptors (Lipinski definition) is 7. The summed E-state index contributed by atoms with van der Waals surface area (Å²) in [5.74, 6) is 0.310. The van der Waals surface area contributed by atoms with E-state index >= 15 is 0 Å². The maximum Gasteiger partial charge on any atom is 0.251 e. The molecule has 0 atom stereocenters. The van der Waals surface area contributed by atoms with Crippen molar-refractivity contribution in [2.24, 2.45) is 0 Å². The highest BCUT2D eigenvalue weighted by molar-refractivity contribution is 7.89. The van der Waals surface area contributed by atoms with E-state index in [1.807, 2.05) is 17.5 Å². The molecule has 4 rings (SSSR count). The van der Waals surface area contributed by atoms with E-state index in [2.05, 4.69) is 10.3 Å². The third-order valence-electron chi connectivity index (χ3n) is 4.82. The number of benzene rings is 1. The van der Waals surface area contributed by atoms with Crippen molar-refractivity contribution >= 4 is 27.3 Å². The van der Waals surface area contributed by atoms with Crippen molar-refractivity contribution < 1.29 is 22.4 Å². The SMILES string of the molecule is COc1ccc(C(=O)NCc2coc(-c3cccs3)n2)cc1S(=O)(=O)N1CCCC1. The molecule has 1 aliphatic rings. The second-order valence-corrected chi connectivity index (χ2v) is 9.63. The van der Waals surface area contributed by atoms with Gasteiger partial charge in [0.2, 0.25) is 15.9 Å². The van der Waals surface area contributed by atoms with Gasteiger partial charge in [0, 0.05) is 18.7 Å². The van der Waals surface area contributed by atoms with Crippen molar-refractivity contribution in [1.29, 1.82) is 0 Å². The Morgan fingerprint density at radius 3 is 2.80 bits per heavy atom. The number of nitrogens with zero attached hydrogens (tertiary/aromatic N) is 2. The number of methoxy groups -OCH3 is 1. The maximum atomic E-state index is 13.0. The average Bonchev–Trinajstić information content (AvgIpc) is 3.53. The van der Waals surface area contributed by atoms with E-state index in [0.717, 1.165) is 17.7 Å². The van der Waals surface area contributed by atoms with Gasteiger partial charge in [-0.05, 0) is 42.5 Å². The average molecular weight is 448 g/mol. The van der Waals surface area contributed by atoms with Crippen molar-refractivity contribution in [2.75, 3.05) is 20.2 Å². The molecule has 8 nitrogen and oxygen atoms in total. The molecule has 0 spiro atoms. The first-order chi connectivity index (χ1) is 14.5. The van der Waals surface area contributed by atoms with Gasteiger partial charge in [-0.3, -0.25) is 4.79 Å². The number of oxazole rings is 1. The van der Waals surface area contributed by atoms with Crippen LogP contribution in [0.3, 0.4) is 0 Å². The number of amides is 1. The van der Waals surface area contributed by atoms with E-state index in [-0.39, 0.29) is 22.8 Å². The van der Waals surface area contributed by atoms with Crippen LogP contribution in [0.2, 0.25) is 0 Å². The zero-order valence-electron chi connectivity index (χ0n) is 16.3. The molecule has 0 aliphatic carbocycles. The second-order valence-electron chi connectivity index (χ2n) is 6.78. The number of sulfonamides is 1. The molecule has 3 heterocycles. The van der Waals surface area contributed by atoms with E-state index in [1.165, 1.54) is 47.2 Å². The number of aromatic nitrogens is 1. The first kappa shape index (κ1) is 20.6. The van der Waals surface area contributed by atoms with Crippen molar-refractivity contribution in [2.45, 2.75) is 24.3 Å². The van der Waals surface area contributed by atoms with Crippen molar-refractivity contribution in [3.8, 4) is 16.5 Å². The van der Waals surface area contributed by atoms with Crippen LogP contribution < -0.4 is 10.1 Å². The van der Waals surface area contributed by atoms with Gasteiger partial charge in [0.15, 0.2) is 0 Å². The highest BCUT2D eigenvalue weighted by atomic mass is 32.2. The summed E-state index contributed by atoms with van der Waals surface area (Å²) >= 11 is 1.51. The zero-order chi connectivity index (χ0) is 21.1. The van der Waals surface area contributed by atoms with Crippen LogP contribution in [0.4, 0.5) is 0 Å². The molecule has 1 aliphatic heterocycles. The summed E-state index contributed by atoms with van der Waals surface area (Å²) in [6, 6.07) is 8.21. The van der Waals surface area contributed by atoms with E-state index in [1.54, 1.807) is 0 Å². The Kier molecular flexibility index (Phi) is 5.89. The molecule has 158 valence electrons. The molecule has 1 amide bonds. The number of nitrogens with one attached hydrogen (secondary N) is 1. The summed E-state index contributed by atoms with van der Waals surface area (Å²) in [7, 11) is -2.31. The van der Waals surface area contributed by atoms with Gasteiger partial charge in [0.05, 0.1) is 24.2 Å². The lowest BCUT2D eigenvalue weighted by Gasteiger charge is -2.18. The van der Waals surface area contributed by atoms with Crippen molar-refractivity contribution in [1.82, 2.24) is 14.6 Å². The fraction of sp³-hybridized carbons (Fsp3) is 0.300. The van der Waals surface area contributed by atoms with E-state index in [9.17, 15) is 13.2 Å². The van der Waals surface area contributed by atoms with Crippen molar-refractivity contribution in [3.63, 3.8) is 0 Å². The second kappa shape index (κ2) is 8.58. The van der Waals surface area contributed by atoms with Gasteiger partial charge in [0.1, 0.15) is 16.9 Å². The smallest absolute Gasteiger partial charge is 0.251 e. The molecular formula is C20H21N3O5S2. The first-order valence-electron chi connectivity index (χ1n) is 9.44. The van der Waals surface area contributed by atoms with Gasteiger partial charge in [-0.1, -0.05) is 6.07 Å². The van der Waals surface area contributed by atoms with E-state index < -0.39 is 15.9 Å². The van der Waals surface area contributed by atoms with Gasteiger partial charge in [-0.15, -0.1) is 11.3 Å². The number of hydrogen-bond donors (Lipinski definition) is 1. The Morgan fingerprint density at radius 2 is 2.10 bits per heavy atom. The molecule has 2 aromatic heterocycles. The van der Waals surface area contributed by atoms with Crippen LogP contribution in [-0.2, 0) is 16.6 Å². The number of thiophene rings is 1. The van der Waals surface area contributed by atoms with Gasteiger partial charge in [-0.25, -0.2) is 13.4 Å². The largest absolute Gasteiger partial charge is 0.495 e. The normalized spacial score (nSPS) is 14.7. The minimum atomic E-state index is -3.72. The lowest BCUT2D eigenvalue weighted by molar-refractivity contribution is 0.0950. The van der Waals surface area contributed by atoms with Gasteiger partial charge < -0.3 is 14.5 Å². The quantitative estimate of drug-likeness (QED) is 0.597. The number of ether oxygens (including phenoxy) is 1. The molecule has 0 unspecified atom stereocenters. The molecule has 3 aromatic rings. The molecule has 10 heteroatoms. The van der Waals surface area contributed by atoms with Gasteiger partial charge >= 0.3 is 0 Å². The summed E-state index contributed by atoms with van der Waals surface area (Å²) in [5.41, 5.74) is 0.806. The Morgan fingerprint density at radius 1 is 1.30 bits per heavy atom. The molecule has 1 fully saturated rings. The zero-order valence-corrected chi connectivity index (χ0v) is 18.0. The predicted molar refractivity (Wildman–Crippen MR) is 112 cm³/mol. The molecule has 0 saturated carbocycles. The fourth-order valence-electron chi connectivity index (χ4n) is 3.26. The van der Waals surface area contributed by atoms with E-state index in [0.29, 0.717) is 24.7 Å². The van der Waals surface area contributed by atoms with Crippen LogP contribution in [0.15, 0.2) is 51.3 Å². The van der Waals surface area contributed by atoms with Gasteiger partial charge in [0.25, 0.3) is 5.91 Å². The fourth-order valence-corrected chi connectivity index (χ4v) is 5.62. The third kappa shape index (κ3) is 4.11. The Hall–Kier alpha value is -2.69. The van der Waals surface area contributed by atoms with Crippen LogP contribution >= 0.6 is 11.3 Å². The monoisotopic (exact) mass is 447 g/mol. The lowest BCUT2D eigenvalue weighted by atomic mass is 10.2. The van der Waals surface area contributed by atoms with Crippen LogP contribution in [0.25, 0.3) is 10.8 Å². The van der Waals surface area contributed by atoms with Gasteiger partial charge in [-0.2, -0.15) is 4.31 Å². The third-order valence-corrected chi connectivity index (χ3v) is 7.60. The molecule has 0 bridgehead atoms. The number of rotatable bonds is 7. The number of carbonyl (C=O) groups is 1. The lowest BCUT2D eigenvalue weighted by Crippen LogP contribution is -2.29. The Bertz CT molecular complexity index is 1130. The molecule has 30 heavy (non-hydrogen) atoms. The first-order valence-corrected chi connectivity index (χ1v) is 11.8. The predicted octanol–water partition coefficient (Wildman–Crippen LogP) is 3.13. The van der Waals surface area contributed by atoms with Crippen LogP contribution in [0, 0.1) is 0 Å². The molecule has 1 aromatic carbocycles. The van der Waals surface area contributed by atoms with Crippen LogP contribution in [0.1, 0.15) is 28.9 Å². The van der Waals surface area contributed by atoms with Crippen LogP contribution in [-0.4, -0.2) is 43.8 Å². The van der Waals surface area contributed by atoms with Crippen LogP contribution in [0.5, 0.6) is 5.75 Å². The summed E-state index contributed by atoms with van der Waals surface area (Å²) in [4.78, 5) is 17.9. The summed E-state index contributed by atoms with van der Waals surface area (Å²) in [5, 5.41) is 4.68. The molecule has 0 radical (unpaired) electrons. The summed E-state index contributed by atoms with van der Waals surface area (Å²) in [6.45, 7) is 1.11. The highest BCUT2D eigenvalue weighted by Crippen LogP contribution is 2.30.